The molecule has 128 valence electrons. The van der Waals surface area contributed by atoms with E-state index in [4.69, 9.17) is 9.47 Å². The maximum atomic E-state index is 5.38. The lowest BCUT2D eigenvalue weighted by Gasteiger charge is -2.32. The summed E-state index contributed by atoms with van der Waals surface area (Å²) in [6, 6.07) is 9.38. The average Bonchev–Trinajstić information content (AvgIpc) is 2.67. The van der Waals surface area contributed by atoms with Crippen LogP contribution in [0, 0.1) is 0 Å². The zero-order chi connectivity index (χ0) is 16.9. The van der Waals surface area contributed by atoms with Crippen LogP contribution in [0.5, 0.6) is 11.9 Å². The second-order valence-corrected chi connectivity index (χ2v) is 6.17. The molecule has 2 aromatic rings. The summed E-state index contributed by atoms with van der Waals surface area (Å²) in [5.74, 6) is 0.527. The van der Waals surface area contributed by atoms with Gasteiger partial charge >= 0.3 is 6.01 Å². The monoisotopic (exact) mass is 327 g/mol. The fourth-order valence-corrected chi connectivity index (χ4v) is 3.26. The summed E-state index contributed by atoms with van der Waals surface area (Å²) >= 11 is 0. The van der Waals surface area contributed by atoms with Crippen LogP contribution in [0.3, 0.4) is 0 Å². The van der Waals surface area contributed by atoms with Gasteiger partial charge in [-0.2, -0.15) is 4.98 Å². The molecule has 1 saturated heterocycles. The third-order valence-electron chi connectivity index (χ3n) is 4.75. The molecule has 0 amide bonds. The molecule has 1 atom stereocenters. The van der Waals surface area contributed by atoms with Crippen LogP contribution in [0.15, 0.2) is 30.5 Å². The predicted octanol–water partition coefficient (Wildman–Crippen LogP) is 3.71. The summed E-state index contributed by atoms with van der Waals surface area (Å²) in [5, 5.41) is 0. The zero-order valence-corrected chi connectivity index (χ0v) is 14.7. The Balaban J connectivity index is 1.81. The van der Waals surface area contributed by atoms with Crippen LogP contribution >= 0.6 is 0 Å². The van der Waals surface area contributed by atoms with Crippen molar-refractivity contribution in [2.24, 2.45) is 0 Å². The van der Waals surface area contributed by atoms with Gasteiger partial charge in [0, 0.05) is 12.2 Å². The van der Waals surface area contributed by atoms with Crippen molar-refractivity contribution in [1.29, 1.82) is 0 Å². The summed E-state index contributed by atoms with van der Waals surface area (Å²) in [4.78, 5) is 11.0. The van der Waals surface area contributed by atoms with Crippen molar-refractivity contribution in [3.8, 4) is 23.0 Å². The Bertz CT molecular complexity index is 667. The van der Waals surface area contributed by atoms with Crippen molar-refractivity contribution >= 4 is 0 Å². The van der Waals surface area contributed by atoms with Crippen molar-refractivity contribution in [3.05, 3.63) is 36.0 Å². The number of nitrogens with zero attached hydrogens (tertiary/aromatic N) is 3. The highest BCUT2D eigenvalue weighted by molar-refractivity contribution is 5.68. The molecule has 0 N–H and O–H groups in total. The Labute approximate surface area is 143 Å². The molecule has 0 unspecified atom stereocenters. The van der Waals surface area contributed by atoms with E-state index in [1.807, 2.05) is 0 Å². The van der Waals surface area contributed by atoms with Crippen LogP contribution in [-0.2, 0) is 0 Å². The number of benzene rings is 1. The molecule has 3 rings (SSSR count). The second-order valence-electron chi connectivity index (χ2n) is 6.17. The molecule has 0 saturated carbocycles. The van der Waals surface area contributed by atoms with Gasteiger partial charge in [0.1, 0.15) is 0 Å². The van der Waals surface area contributed by atoms with Crippen molar-refractivity contribution in [1.82, 2.24) is 14.9 Å². The molecule has 5 nitrogen and oxygen atoms in total. The van der Waals surface area contributed by atoms with Gasteiger partial charge in [0.25, 0.3) is 0 Å². The topological polar surface area (TPSA) is 47.5 Å². The zero-order valence-electron chi connectivity index (χ0n) is 14.7. The van der Waals surface area contributed by atoms with Gasteiger partial charge in [-0.1, -0.05) is 30.7 Å². The molecule has 1 aliphatic heterocycles. The molecule has 5 heteroatoms. The summed E-state index contributed by atoms with van der Waals surface area (Å²) in [6.45, 7) is 4.68. The first kappa shape index (κ1) is 16.7. The van der Waals surface area contributed by atoms with E-state index in [2.05, 4.69) is 46.1 Å². The molecular weight excluding hydrogens is 302 g/mol. The van der Waals surface area contributed by atoms with E-state index in [0.717, 1.165) is 11.1 Å². The molecule has 0 radical (unpaired) electrons. The maximum absolute atomic E-state index is 5.38. The quantitative estimate of drug-likeness (QED) is 0.838. The highest BCUT2D eigenvalue weighted by atomic mass is 16.5. The van der Waals surface area contributed by atoms with Gasteiger partial charge in [0.2, 0.25) is 5.88 Å². The fourth-order valence-electron chi connectivity index (χ4n) is 3.26. The number of likely N-dealkylation sites (tertiary alicyclic amines) is 1. The first-order chi connectivity index (χ1) is 11.7. The maximum Gasteiger partial charge on any atom is 0.319 e. The normalized spacial score (nSPS) is 16.6. The number of aromatic nitrogens is 2. The van der Waals surface area contributed by atoms with E-state index in [1.165, 1.54) is 37.9 Å². The fraction of sp³-hybridized carbons (Fsp3) is 0.474. The number of ether oxygens (including phenoxy) is 2. The van der Waals surface area contributed by atoms with E-state index < -0.39 is 0 Å². The minimum absolute atomic E-state index is 0.311. The number of hydrogen-bond donors (Lipinski definition) is 0. The highest BCUT2D eigenvalue weighted by Gasteiger charge is 2.18. The Hall–Kier alpha value is -2.14. The lowest BCUT2D eigenvalue weighted by Crippen LogP contribution is -2.32. The second kappa shape index (κ2) is 7.62. The first-order valence-corrected chi connectivity index (χ1v) is 8.52. The van der Waals surface area contributed by atoms with Crippen molar-refractivity contribution in [2.75, 3.05) is 27.3 Å². The molecule has 24 heavy (non-hydrogen) atoms. The standard InChI is InChI=1S/C19H25N3O2/c1-14(22-11-5-4-6-12-22)15-7-9-16(10-8-15)17-13-20-19(24-3)21-18(17)23-2/h7-10,13-14H,4-6,11-12H2,1-3H3/t14-/m1/s1. The number of rotatable bonds is 5. The summed E-state index contributed by atoms with van der Waals surface area (Å²) in [5.41, 5.74) is 3.26. The number of piperidine rings is 1. The van der Waals surface area contributed by atoms with Crippen LogP contribution in [0.1, 0.15) is 37.8 Å². The summed E-state index contributed by atoms with van der Waals surface area (Å²) in [7, 11) is 3.16. The molecule has 0 spiro atoms. The molecule has 0 aliphatic carbocycles. The van der Waals surface area contributed by atoms with Crippen molar-refractivity contribution in [2.45, 2.75) is 32.2 Å². The van der Waals surface area contributed by atoms with Gasteiger partial charge < -0.3 is 9.47 Å². The van der Waals surface area contributed by atoms with Gasteiger partial charge in [-0.15, -0.1) is 0 Å². The molecule has 0 bridgehead atoms. The van der Waals surface area contributed by atoms with Crippen LogP contribution in [-0.4, -0.2) is 42.2 Å². The van der Waals surface area contributed by atoms with E-state index in [0.29, 0.717) is 17.9 Å². The minimum atomic E-state index is 0.311. The highest BCUT2D eigenvalue weighted by Crippen LogP contribution is 2.31. The van der Waals surface area contributed by atoms with E-state index in [-0.39, 0.29) is 0 Å². The summed E-state index contributed by atoms with van der Waals surface area (Å²) < 4.78 is 10.4. The van der Waals surface area contributed by atoms with E-state index >= 15 is 0 Å². The smallest absolute Gasteiger partial charge is 0.319 e. The molecular formula is C19H25N3O2. The van der Waals surface area contributed by atoms with Crippen molar-refractivity contribution in [3.63, 3.8) is 0 Å². The molecule has 1 fully saturated rings. The van der Waals surface area contributed by atoms with Gasteiger partial charge in [-0.3, -0.25) is 4.90 Å². The van der Waals surface area contributed by atoms with Crippen LogP contribution in [0.4, 0.5) is 0 Å². The minimum Gasteiger partial charge on any atom is -0.480 e. The largest absolute Gasteiger partial charge is 0.480 e. The SMILES string of the molecule is COc1ncc(-c2ccc([C@@H](C)N3CCCCC3)cc2)c(OC)n1. The van der Waals surface area contributed by atoms with Crippen LogP contribution < -0.4 is 9.47 Å². The molecule has 2 heterocycles. The first-order valence-electron chi connectivity index (χ1n) is 8.52. The number of hydrogen-bond acceptors (Lipinski definition) is 5. The van der Waals surface area contributed by atoms with E-state index in [1.54, 1.807) is 20.4 Å². The van der Waals surface area contributed by atoms with Crippen molar-refractivity contribution < 1.29 is 9.47 Å². The Morgan fingerprint density at radius 3 is 2.33 bits per heavy atom. The van der Waals surface area contributed by atoms with Gasteiger partial charge in [0.15, 0.2) is 0 Å². The van der Waals surface area contributed by atoms with Gasteiger partial charge in [-0.05, 0) is 44.0 Å². The van der Waals surface area contributed by atoms with Gasteiger partial charge in [-0.25, -0.2) is 4.98 Å². The van der Waals surface area contributed by atoms with Crippen LogP contribution in [0.25, 0.3) is 11.1 Å². The third kappa shape index (κ3) is 3.51. The summed E-state index contributed by atoms with van der Waals surface area (Å²) in [6.07, 6.45) is 5.72. The molecule has 1 aromatic carbocycles. The lowest BCUT2D eigenvalue weighted by molar-refractivity contribution is 0.175. The Morgan fingerprint density at radius 1 is 1.00 bits per heavy atom. The third-order valence-corrected chi connectivity index (χ3v) is 4.75. The van der Waals surface area contributed by atoms with Crippen LogP contribution in [0.2, 0.25) is 0 Å². The predicted molar refractivity (Wildman–Crippen MR) is 94.4 cm³/mol. The Morgan fingerprint density at radius 2 is 1.71 bits per heavy atom. The molecule has 1 aliphatic rings. The lowest BCUT2D eigenvalue weighted by atomic mass is 10.00. The van der Waals surface area contributed by atoms with E-state index in [9.17, 15) is 0 Å². The molecule has 1 aromatic heterocycles. The number of methoxy groups -OCH3 is 2. The Kier molecular flexibility index (Phi) is 5.30. The average molecular weight is 327 g/mol. The van der Waals surface area contributed by atoms with Gasteiger partial charge in [0.05, 0.1) is 19.8 Å².